The second kappa shape index (κ2) is 6.35. The van der Waals surface area contributed by atoms with E-state index in [-0.39, 0.29) is 12.4 Å². The number of benzene rings is 1. The lowest BCUT2D eigenvalue weighted by molar-refractivity contribution is 0.301. The van der Waals surface area contributed by atoms with Crippen LogP contribution < -0.4 is 10.2 Å². The molecule has 0 radical (unpaired) electrons. The maximum Gasteiger partial charge on any atom is 0.123 e. The molecule has 1 aromatic carbocycles. The Morgan fingerprint density at radius 2 is 2.16 bits per heavy atom. The molecule has 0 unspecified atom stereocenters. The lowest BCUT2D eigenvalue weighted by Crippen LogP contribution is -2.31. The lowest BCUT2D eigenvalue weighted by Gasteiger charge is -2.27. The highest BCUT2D eigenvalue weighted by molar-refractivity contribution is 5.55. The average Bonchev–Trinajstić information content (AvgIpc) is 3.18. The van der Waals surface area contributed by atoms with Crippen LogP contribution in [0.2, 0.25) is 0 Å². The number of aliphatic hydroxyl groups is 1. The Labute approximate surface area is 114 Å². The fourth-order valence-corrected chi connectivity index (χ4v) is 2.28. The molecule has 3 nitrogen and oxygen atoms in total. The van der Waals surface area contributed by atoms with E-state index in [1.807, 2.05) is 6.07 Å². The zero-order chi connectivity index (χ0) is 13.8. The highest BCUT2D eigenvalue weighted by Crippen LogP contribution is 2.33. The van der Waals surface area contributed by atoms with Crippen molar-refractivity contribution in [1.82, 2.24) is 5.32 Å². The Bertz CT molecular complexity index is 419. The second-order valence-electron chi connectivity index (χ2n) is 5.46. The normalized spacial score (nSPS) is 15.0. The summed E-state index contributed by atoms with van der Waals surface area (Å²) in [5.74, 6) is -0.205. The lowest BCUT2D eigenvalue weighted by atomic mass is 10.1. The van der Waals surface area contributed by atoms with Gasteiger partial charge in [0.05, 0.1) is 6.61 Å². The van der Waals surface area contributed by atoms with Gasteiger partial charge in [-0.1, -0.05) is 13.8 Å². The number of anilines is 1. The van der Waals surface area contributed by atoms with E-state index >= 15 is 0 Å². The summed E-state index contributed by atoms with van der Waals surface area (Å²) in [6.07, 6.45) is 2.32. The largest absolute Gasteiger partial charge is 0.395 e. The summed E-state index contributed by atoms with van der Waals surface area (Å²) in [4.78, 5) is 2.21. The molecule has 1 fully saturated rings. The molecule has 1 aromatic rings. The van der Waals surface area contributed by atoms with Gasteiger partial charge in [0.15, 0.2) is 0 Å². The molecule has 0 saturated heterocycles. The third kappa shape index (κ3) is 3.91. The first-order chi connectivity index (χ1) is 9.11. The van der Waals surface area contributed by atoms with Gasteiger partial charge in [0.1, 0.15) is 5.82 Å². The van der Waals surface area contributed by atoms with E-state index in [4.69, 9.17) is 0 Å². The van der Waals surface area contributed by atoms with Crippen LogP contribution in [0.25, 0.3) is 0 Å². The predicted octanol–water partition coefficient (Wildman–Crippen LogP) is 2.28. The van der Waals surface area contributed by atoms with E-state index in [1.54, 1.807) is 6.07 Å². The molecule has 0 heterocycles. The number of hydrogen-bond donors (Lipinski definition) is 2. The molecule has 2 N–H and O–H groups in total. The Morgan fingerprint density at radius 3 is 2.74 bits per heavy atom. The van der Waals surface area contributed by atoms with Gasteiger partial charge in [-0.15, -0.1) is 0 Å². The van der Waals surface area contributed by atoms with Crippen molar-refractivity contribution in [3.63, 3.8) is 0 Å². The number of rotatable bonds is 7. The first kappa shape index (κ1) is 14.3. The van der Waals surface area contributed by atoms with Gasteiger partial charge >= 0.3 is 0 Å². The molecule has 19 heavy (non-hydrogen) atoms. The van der Waals surface area contributed by atoms with Crippen LogP contribution in [0, 0.1) is 5.82 Å². The molecule has 1 aliphatic rings. The molecule has 1 saturated carbocycles. The number of halogens is 1. The topological polar surface area (TPSA) is 35.5 Å². The van der Waals surface area contributed by atoms with E-state index in [0.717, 1.165) is 24.1 Å². The van der Waals surface area contributed by atoms with Crippen molar-refractivity contribution in [3.8, 4) is 0 Å². The van der Waals surface area contributed by atoms with Gasteiger partial charge in [-0.3, -0.25) is 0 Å². The summed E-state index contributed by atoms with van der Waals surface area (Å²) in [6.45, 7) is 5.55. The molecule has 0 spiro atoms. The van der Waals surface area contributed by atoms with Crippen molar-refractivity contribution in [1.29, 1.82) is 0 Å². The van der Waals surface area contributed by atoms with Gasteiger partial charge in [-0.2, -0.15) is 0 Å². The third-order valence-electron chi connectivity index (χ3n) is 3.38. The first-order valence-electron chi connectivity index (χ1n) is 7.01. The summed E-state index contributed by atoms with van der Waals surface area (Å²) in [5.41, 5.74) is 2.01. The van der Waals surface area contributed by atoms with E-state index in [9.17, 15) is 9.50 Å². The van der Waals surface area contributed by atoms with Gasteiger partial charge in [-0.05, 0) is 36.6 Å². The summed E-state index contributed by atoms with van der Waals surface area (Å²) in [5, 5.41) is 12.5. The number of hydrogen-bond acceptors (Lipinski definition) is 3. The monoisotopic (exact) mass is 266 g/mol. The molecule has 0 bridgehead atoms. The number of nitrogens with zero attached hydrogens (tertiary/aromatic N) is 1. The molecular formula is C15H23FN2O. The Hall–Kier alpha value is -1.13. The van der Waals surface area contributed by atoms with Crippen LogP contribution in [0.1, 0.15) is 32.3 Å². The molecule has 4 heteroatoms. The van der Waals surface area contributed by atoms with Gasteiger partial charge < -0.3 is 15.3 Å². The van der Waals surface area contributed by atoms with Crippen LogP contribution in [0.5, 0.6) is 0 Å². The minimum absolute atomic E-state index is 0.130. The molecule has 0 amide bonds. The van der Waals surface area contributed by atoms with Crippen LogP contribution in [0.3, 0.4) is 0 Å². The van der Waals surface area contributed by atoms with E-state index in [1.165, 1.54) is 6.07 Å². The van der Waals surface area contributed by atoms with Gasteiger partial charge in [0.2, 0.25) is 0 Å². The van der Waals surface area contributed by atoms with Crippen molar-refractivity contribution in [2.75, 3.05) is 18.1 Å². The van der Waals surface area contributed by atoms with Gasteiger partial charge in [-0.25, -0.2) is 4.39 Å². The summed E-state index contributed by atoms with van der Waals surface area (Å²) >= 11 is 0. The minimum atomic E-state index is -0.205. The van der Waals surface area contributed by atoms with E-state index < -0.39 is 0 Å². The summed E-state index contributed by atoms with van der Waals surface area (Å²) < 4.78 is 13.4. The Morgan fingerprint density at radius 1 is 1.42 bits per heavy atom. The van der Waals surface area contributed by atoms with Crippen molar-refractivity contribution < 1.29 is 9.50 Å². The third-order valence-corrected chi connectivity index (χ3v) is 3.38. The van der Waals surface area contributed by atoms with Crippen LogP contribution in [-0.4, -0.2) is 30.3 Å². The number of nitrogens with one attached hydrogen (secondary N) is 1. The van der Waals surface area contributed by atoms with E-state index in [0.29, 0.717) is 25.2 Å². The van der Waals surface area contributed by atoms with Crippen LogP contribution in [0.15, 0.2) is 18.2 Å². The van der Waals surface area contributed by atoms with Crippen molar-refractivity contribution in [2.45, 2.75) is 45.3 Å². The SMILES string of the molecule is CC(C)NCc1cc(F)ccc1N(CCO)C1CC1. The zero-order valence-electron chi connectivity index (χ0n) is 11.7. The van der Waals surface area contributed by atoms with Gasteiger partial charge in [0, 0.05) is 30.9 Å². The maximum absolute atomic E-state index is 13.4. The minimum Gasteiger partial charge on any atom is -0.395 e. The van der Waals surface area contributed by atoms with Gasteiger partial charge in [0.25, 0.3) is 0 Å². The first-order valence-corrected chi connectivity index (χ1v) is 7.01. The average molecular weight is 266 g/mol. The summed E-state index contributed by atoms with van der Waals surface area (Å²) in [6, 6.07) is 5.80. The molecular weight excluding hydrogens is 243 g/mol. The molecule has 1 aliphatic carbocycles. The molecule has 0 aromatic heterocycles. The van der Waals surface area contributed by atoms with E-state index in [2.05, 4.69) is 24.1 Å². The van der Waals surface area contributed by atoms with Crippen molar-refractivity contribution in [2.24, 2.45) is 0 Å². The Balaban J connectivity index is 2.21. The standard InChI is InChI=1S/C15H23FN2O/c1-11(2)17-10-12-9-13(16)3-6-15(12)18(7-8-19)14-4-5-14/h3,6,9,11,14,17,19H,4-5,7-8,10H2,1-2H3. The molecule has 0 aliphatic heterocycles. The van der Waals surface area contributed by atoms with Crippen LogP contribution >= 0.6 is 0 Å². The Kier molecular flexibility index (Phi) is 4.77. The highest BCUT2D eigenvalue weighted by Gasteiger charge is 2.30. The fraction of sp³-hybridized carbons (Fsp3) is 0.600. The molecule has 106 valence electrons. The quantitative estimate of drug-likeness (QED) is 0.795. The zero-order valence-corrected chi connectivity index (χ0v) is 11.7. The predicted molar refractivity (Wildman–Crippen MR) is 75.8 cm³/mol. The maximum atomic E-state index is 13.4. The molecule has 0 atom stereocenters. The number of aliphatic hydroxyl groups excluding tert-OH is 1. The highest BCUT2D eigenvalue weighted by atomic mass is 19.1. The fourth-order valence-electron chi connectivity index (χ4n) is 2.28. The van der Waals surface area contributed by atoms with Crippen molar-refractivity contribution >= 4 is 5.69 Å². The van der Waals surface area contributed by atoms with Crippen LogP contribution in [-0.2, 0) is 6.54 Å². The smallest absolute Gasteiger partial charge is 0.123 e. The second-order valence-corrected chi connectivity index (χ2v) is 5.46. The molecule has 2 rings (SSSR count). The summed E-state index contributed by atoms with van der Waals surface area (Å²) in [7, 11) is 0. The van der Waals surface area contributed by atoms with Crippen molar-refractivity contribution in [3.05, 3.63) is 29.6 Å². The van der Waals surface area contributed by atoms with Crippen LogP contribution in [0.4, 0.5) is 10.1 Å².